The second-order valence-electron chi connectivity index (χ2n) is 19.2. The smallest absolute Gasteiger partial charge is 0.269 e. The van der Waals surface area contributed by atoms with Gasteiger partial charge in [0.05, 0.1) is 58.2 Å². The van der Waals surface area contributed by atoms with E-state index in [0.29, 0.717) is 28.2 Å². The van der Waals surface area contributed by atoms with Crippen LogP contribution >= 0.6 is 0 Å². The van der Waals surface area contributed by atoms with Gasteiger partial charge in [-0.3, -0.25) is 13.7 Å². The summed E-state index contributed by atoms with van der Waals surface area (Å²) in [7, 11) is 0. The molecule has 0 saturated carbocycles. The van der Waals surface area contributed by atoms with E-state index in [9.17, 15) is 0 Å². The van der Waals surface area contributed by atoms with Crippen LogP contribution in [0.4, 0.5) is 0 Å². The second-order valence-corrected chi connectivity index (χ2v) is 19.2. The molecule has 72 heavy (non-hydrogen) atoms. The minimum atomic E-state index is -0.569. The van der Waals surface area contributed by atoms with Crippen molar-refractivity contribution in [2.75, 3.05) is 0 Å². The summed E-state index contributed by atoms with van der Waals surface area (Å²) in [6.45, 7) is 10.9. The third-order valence-electron chi connectivity index (χ3n) is 13.7. The predicted octanol–water partition coefficient (Wildman–Crippen LogP) is 16.3. The molecule has 346 valence electrons. The number of benzene rings is 9. The average molecular weight is 940 g/mol. The number of fused-ring (bicyclic) bond motifs is 7. The van der Waals surface area contributed by atoms with Crippen molar-refractivity contribution in [1.29, 1.82) is 0 Å². The van der Waals surface area contributed by atoms with E-state index in [1.807, 2.05) is 66.9 Å². The van der Waals surface area contributed by atoms with Gasteiger partial charge >= 0.3 is 0 Å². The van der Waals surface area contributed by atoms with Gasteiger partial charge in [-0.25, -0.2) is 4.98 Å². The summed E-state index contributed by atoms with van der Waals surface area (Å²) in [6.07, 6.45) is 5.34. The van der Waals surface area contributed by atoms with Crippen molar-refractivity contribution in [3.63, 3.8) is 0 Å². The Morgan fingerprint density at radius 2 is 1.18 bits per heavy atom. The molecule has 13 rings (SSSR count). The lowest BCUT2D eigenvalue weighted by molar-refractivity contribution is -0.571. The SMILES string of the molecule is [2H]c1c([2H])c([2H])c(-c2cccc(-c3c([2H])c([2H])c([2H])c([2H])c3[2H])c2-[n+]2[c-]n(-c3cccc(Oc4ccc5c6cc(-n7c8c(C)cccc8c8cccc(C)c87)ccc6n(-c6cc(C(C)(C)C)ccn6)c5c4)c3)c3ccccc32)c([2H])c1[2H]. The van der Waals surface area contributed by atoms with Crippen LogP contribution in [-0.2, 0) is 5.41 Å². The minimum absolute atomic E-state index is 0.134. The third kappa shape index (κ3) is 7.09. The number of para-hydroxylation sites is 5. The van der Waals surface area contributed by atoms with Gasteiger partial charge in [0.2, 0.25) is 0 Å². The van der Waals surface area contributed by atoms with Gasteiger partial charge in [-0.05, 0) is 119 Å². The Morgan fingerprint density at radius 3 is 1.88 bits per heavy atom. The quantitative estimate of drug-likeness (QED) is 0.112. The molecule has 0 unspecified atom stereocenters. The largest absolute Gasteiger partial charge is 0.458 e. The summed E-state index contributed by atoms with van der Waals surface area (Å²) in [5, 5.41) is 4.47. The molecule has 0 spiro atoms. The van der Waals surface area contributed by atoms with Gasteiger partial charge in [-0.1, -0.05) is 166 Å². The summed E-state index contributed by atoms with van der Waals surface area (Å²) >= 11 is 0. The molecule has 0 atom stereocenters. The Balaban J connectivity index is 0.973. The molecule has 0 radical (unpaired) electrons. The van der Waals surface area contributed by atoms with E-state index in [1.54, 1.807) is 27.3 Å². The van der Waals surface area contributed by atoms with Gasteiger partial charge in [0.1, 0.15) is 17.3 Å². The normalized spacial score (nSPS) is 13.9. The predicted molar refractivity (Wildman–Crippen MR) is 296 cm³/mol. The average Bonchev–Trinajstić information content (AvgIpc) is 3.93. The van der Waals surface area contributed by atoms with Crippen molar-refractivity contribution in [1.82, 2.24) is 18.7 Å². The maximum Gasteiger partial charge on any atom is 0.269 e. The summed E-state index contributed by atoms with van der Waals surface area (Å²) in [4.78, 5) is 4.99. The Morgan fingerprint density at radius 1 is 0.528 bits per heavy atom. The van der Waals surface area contributed by atoms with E-state index in [-0.39, 0.29) is 33.4 Å². The highest BCUT2D eigenvalue weighted by Gasteiger charge is 2.23. The van der Waals surface area contributed by atoms with E-state index in [1.165, 1.54) is 32.9 Å². The van der Waals surface area contributed by atoms with Crippen LogP contribution in [-0.4, -0.2) is 18.7 Å². The number of ether oxygens (including phenoxy) is 1. The molecule has 0 aliphatic rings. The van der Waals surface area contributed by atoms with Crippen molar-refractivity contribution in [2.45, 2.75) is 40.0 Å². The Kier molecular flexibility index (Phi) is 7.85. The number of hydrogen-bond donors (Lipinski definition) is 0. The van der Waals surface area contributed by atoms with Crippen LogP contribution in [0.15, 0.2) is 218 Å². The number of hydrogen-bond acceptors (Lipinski definition) is 2. The third-order valence-corrected chi connectivity index (χ3v) is 13.7. The minimum Gasteiger partial charge on any atom is -0.458 e. The molecule has 0 amide bonds. The van der Waals surface area contributed by atoms with E-state index >= 15 is 0 Å². The lowest BCUT2D eigenvalue weighted by Gasteiger charge is -2.20. The summed E-state index contributed by atoms with van der Waals surface area (Å²) < 4.78 is 103. The summed E-state index contributed by atoms with van der Waals surface area (Å²) in [5.74, 6) is 1.85. The van der Waals surface area contributed by atoms with Gasteiger partial charge in [0.15, 0.2) is 0 Å². The molecule has 0 aliphatic carbocycles. The molecule has 6 heteroatoms. The van der Waals surface area contributed by atoms with Gasteiger partial charge in [0.25, 0.3) is 6.33 Å². The van der Waals surface area contributed by atoms with E-state index in [4.69, 9.17) is 23.4 Å². The monoisotopic (exact) mass is 939 g/mol. The fraction of sp³-hybridized carbons (Fsp3) is 0.0909. The molecular weight excluding hydrogens is 879 g/mol. The molecule has 0 saturated heterocycles. The molecule has 0 aliphatic heterocycles. The van der Waals surface area contributed by atoms with Crippen molar-refractivity contribution in [2.24, 2.45) is 0 Å². The van der Waals surface area contributed by atoms with Crippen LogP contribution in [0, 0.1) is 20.2 Å². The van der Waals surface area contributed by atoms with Crippen molar-refractivity contribution >= 4 is 54.6 Å². The molecule has 4 aromatic heterocycles. The van der Waals surface area contributed by atoms with Crippen molar-refractivity contribution in [3.8, 4) is 56.6 Å². The number of pyridine rings is 1. The molecule has 9 aromatic carbocycles. The van der Waals surface area contributed by atoms with Crippen LogP contribution in [0.1, 0.15) is 51.2 Å². The molecule has 0 N–H and O–H groups in total. The van der Waals surface area contributed by atoms with Gasteiger partial charge in [0, 0.05) is 39.5 Å². The highest BCUT2D eigenvalue weighted by molar-refractivity contribution is 6.13. The maximum atomic E-state index is 9.09. The molecule has 6 nitrogen and oxygen atoms in total. The topological polar surface area (TPSA) is 40.8 Å². The van der Waals surface area contributed by atoms with E-state index in [0.717, 1.165) is 38.9 Å². The molecule has 0 bridgehead atoms. The molecule has 4 heterocycles. The Hall–Kier alpha value is -9.00. The number of aryl methyl sites for hydroxylation is 2. The van der Waals surface area contributed by atoms with Gasteiger partial charge < -0.3 is 9.30 Å². The number of nitrogens with zero attached hydrogens (tertiary/aromatic N) is 5. The number of aromatic nitrogens is 5. The van der Waals surface area contributed by atoms with Gasteiger partial charge in [-0.2, -0.15) is 0 Å². The first kappa shape index (κ1) is 33.5. The first-order chi connectivity index (χ1) is 39.3. The maximum absolute atomic E-state index is 9.09. The summed E-state index contributed by atoms with van der Waals surface area (Å²) in [5.41, 5.74) is 10.7. The van der Waals surface area contributed by atoms with Crippen molar-refractivity contribution < 1.29 is 23.0 Å². The molecule has 13 aromatic rings. The zero-order chi connectivity index (χ0) is 57.4. The summed E-state index contributed by atoms with van der Waals surface area (Å²) in [6, 6.07) is 44.5. The fourth-order valence-corrected chi connectivity index (χ4v) is 10.4. The van der Waals surface area contributed by atoms with Gasteiger partial charge in [-0.15, -0.1) is 0 Å². The standard InChI is InChI=1S/C66H51N5O/c1-43-18-14-28-55-56-29-15-19-44(2)64(56)70(63(43)55)49-32-35-58-57(40-49)54-34-33-51(41-61(54)71(58)62-38-47(36-37-67-62)66(3,4)5)72-50-25-16-24-48(39-50)68-42-69(60-31-13-12-30-59(60)68)65-52(45-20-8-6-9-21-45)26-17-27-53(65)46-22-10-7-11-23-46/h6-41H,1-5H3/i6D,7D,8D,9D,10D,11D,20D,21D,22D,23D. The number of imidazole rings is 1. The molecule has 0 fully saturated rings. The highest BCUT2D eigenvalue weighted by Crippen LogP contribution is 2.41. The fourth-order valence-electron chi connectivity index (χ4n) is 10.4. The molecular formula is C66H51N5O. The van der Waals surface area contributed by atoms with Crippen LogP contribution in [0.2, 0.25) is 0 Å². The lowest BCUT2D eigenvalue weighted by atomic mass is 9.88. The van der Waals surface area contributed by atoms with E-state index in [2.05, 4.69) is 123 Å². The second kappa shape index (κ2) is 16.9. The van der Waals surface area contributed by atoms with Crippen LogP contribution < -0.4 is 9.30 Å². The van der Waals surface area contributed by atoms with Crippen molar-refractivity contribution in [3.05, 3.63) is 241 Å². The van der Waals surface area contributed by atoms with Crippen LogP contribution in [0.25, 0.3) is 99.8 Å². The first-order valence-corrected chi connectivity index (χ1v) is 23.9. The Bertz CT molecular complexity index is 4670. The Labute approximate surface area is 432 Å². The zero-order valence-electron chi connectivity index (χ0n) is 50.2. The first-order valence-electron chi connectivity index (χ1n) is 28.9. The van der Waals surface area contributed by atoms with E-state index < -0.39 is 60.4 Å². The van der Waals surface area contributed by atoms with Crippen LogP contribution in [0.5, 0.6) is 11.5 Å². The van der Waals surface area contributed by atoms with Crippen LogP contribution in [0.3, 0.4) is 0 Å². The zero-order valence-corrected chi connectivity index (χ0v) is 40.2. The highest BCUT2D eigenvalue weighted by atomic mass is 16.5. The number of rotatable bonds is 8. The lowest BCUT2D eigenvalue weighted by Crippen LogP contribution is -2.31.